The van der Waals surface area contributed by atoms with Crippen LogP contribution in [0.25, 0.3) is 21.5 Å². The van der Waals surface area contributed by atoms with Crippen molar-refractivity contribution < 1.29 is 14.1 Å². The van der Waals surface area contributed by atoms with Crippen LogP contribution in [0.5, 0.6) is 5.75 Å². The summed E-state index contributed by atoms with van der Waals surface area (Å²) in [6.07, 6.45) is 6.01. The first kappa shape index (κ1) is 26.9. The Balaban J connectivity index is 0.00000320. The topological polar surface area (TPSA) is 86.3 Å². The van der Waals surface area contributed by atoms with Gasteiger partial charge in [-0.05, 0) is 31.5 Å². The van der Waals surface area contributed by atoms with Gasteiger partial charge in [-0.1, -0.05) is 57.9 Å². The van der Waals surface area contributed by atoms with Crippen molar-refractivity contribution >= 4 is 68.2 Å². The fourth-order valence-corrected chi connectivity index (χ4v) is 5.44. The minimum Gasteiger partial charge on any atom is -0.494 e. The van der Waals surface area contributed by atoms with Crippen molar-refractivity contribution in [1.29, 1.82) is 0 Å². The molecule has 8 nitrogen and oxygen atoms in total. The third-order valence-corrected chi connectivity index (χ3v) is 7.57. The Morgan fingerprint density at radius 2 is 2.00 bits per heavy atom. The number of carbonyl (C=O) groups excluding carboxylic acids is 1. The molecule has 192 valence electrons. The molecular weight excluding hydrogens is 557 g/mol. The van der Waals surface area contributed by atoms with Crippen molar-refractivity contribution in [2.24, 2.45) is 0 Å². The number of aryl methyl sites for hydroxylation is 2. The van der Waals surface area contributed by atoms with Crippen LogP contribution in [0.2, 0.25) is 10.0 Å². The van der Waals surface area contributed by atoms with Crippen LogP contribution in [0, 0.1) is 6.92 Å². The van der Waals surface area contributed by atoms with Crippen LogP contribution in [-0.2, 0) is 6.54 Å². The lowest BCUT2D eigenvalue weighted by atomic mass is 10.1. The van der Waals surface area contributed by atoms with E-state index in [9.17, 15) is 4.79 Å². The minimum absolute atomic E-state index is 0. The number of aromatic nitrogens is 4. The van der Waals surface area contributed by atoms with Gasteiger partial charge < -0.3 is 13.8 Å². The number of benzene rings is 2. The van der Waals surface area contributed by atoms with Gasteiger partial charge in [-0.3, -0.25) is 9.69 Å². The second-order valence-electron chi connectivity index (χ2n) is 7.98. The van der Waals surface area contributed by atoms with Crippen molar-refractivity contribution in [3.05, 3.63) is 76.5 Å². The lowest BCUT2D eigenvalue weighted by Gasteiger charge is -2.20. The van der Waals surface area contributed by atoms with Gasteiger partial charge in [0, 0.05) is 31.0 Å². The number of imidazole rings is 1. The number of rotatable bonds is 8. The van der Waals surface area contributed by atoms with E-state index in [1.165, 1.54) is 11.3 Å². The summed E-state index contributed by atoms with van der Waals surface area (Å²) in [7, 11) is 1.58. The molecule has 5 rings (SSSR count). The van der Waals surface area contributed by atoms with Gasteiger partial charge in [0.2, 0.25) is 0 Å². The highest BCUT2D eigenvalue weighted by molar-refractivity contribution is 7.23. The number of thiazole rings is 1. The Bertz CT molecular complexity index is 1530. The number of fused-ring (bicyclic) bond motifs is 1. The summed E-state index contributed by atoms with van der Waals surface area (Å²) in [6, 6.07) is 10.7. The fraction of sp³-hybridized carbons (Fsp3) is 0.200. The molecule has 2 aromatic carbocycles. The summed E-state index contributed by atoms with van der Waals surface area (Å²) in [5.41, 5.74) is 1.94. The van der Waals surface area contributed by atoms with Gasteiger partial charge in [0.1, 0.15) is 28.3 Å². The normalized spacial score (nSPS) is 10.9. The SMILES string of the molecule is COc1ccc(Cl)c2sc(N(CCCn3ccnc3)C(=O)c3c(-c4ccccc4Cl)noc3C)nc12.Cl. The van der Waals surface area contributed by atoms with E-state index in [0.29, 0.717) is 68.5 Å². The molecule has 0 spiro atoms. The number of ether oxygens (including phenoxy) is 1. The largest absolute Gasteiger partial charge is 0.494 e. The number of hydrogen-bond acceptors (Lipinski definition) is 7. The van der Waals surface area contributed by atoms with E-state index in [1.54, 1.807) is 49.7 Å². The van der Waals surface area contributed by atoms with Gasteiger partial charge in [-0.2, -0.15) is 0 Å². The van der Waals surface area contributed by atoms with Gasteiger partial charge in [0.25, 0.3) is 5.91 Å². The van der Waals surface area contributed by atoms with Crippen molar-refractivity contribution in [2.75, 3.05) is 18.6 Å². The fourth-order valence-electron chi connectivity index (χ4n) is 3.93. The van der Waals surface area contributed by atoms with E-state index >= 15 is 0 Å². The summed E-state index contributed by atoms with van der Waals surface area (Å²) in [5, 5.41) is 5.68. The number of carbonyl (C=O) groups is 1. The minimum atomic E-state index is -0.288. The van der Waals surface area contributed by atoms with E-state index in [0.717, 1.165) is 4.70 Å². The maximum Gasteiger partial charge on any atom is 0.265 e. The number of methoxy groups -OCH3 is 1. The zero-order chi connectivity index (χ0) is 25.2. The van der Waals surface area contributed by atoms with E-state index in [2.05, 4.69) is 10.1 Å². The molecule has 0 radical (unpaired) electrons. The molecule has 5 aromatic rings. The highest BCUT2D eigenvalue weighted by atomic mass is 35.5. The second-order valence-corrected chi connectivity index (χ2v) is 9.77. The molecule has 0 N–H and O–H groups in total. The number of anilines is 1. The van der Waals surface area contributed by atoms with Gasteiger partial charge >= 0.3 is 0 Å². The van der Waals surface area contributed by atoms with Gasteiger partial charge in [0.15, 0.2) is 5.13 Å². The van der Waals surface area contributed by atoms with Crippen molar-refractivity contribution in [3.63, 3.8) is 0 Å². The first-order chi connectivity index (χ1) is 17.5. The zero-order valence-corrected chi connectivity index (χ0v) is 23.0. The monoisotopic (exact) mass is 577 g/mol. The predicted octanol–water partition coefficient (Wildman–Crippen LogP) is 6.93. The zero-order valence-electron chi connectivity index (χ0n) is 19.9. The molecule has 0 aliphatic rings. The van der Waals surface area contributed by atoms with Crippen LogP contribution < -0.4 is 9.64 Å². The summed E-state index contributed by atoms with van der Waals surface area (Å²) in [6.45, 7) is 2.78. The van der Waals surface area contributed by atoms with Crippen LogP contribution >= 0.6 is 46.9 Å². The number of nitrogens with zero attached hydrogens (tertiary/aromatic N) is 5. The molecule has 0 atom stereocenters. The van der Waals surface area contributed by atoms with Crippen molar-refractivity contribution in [1.82, 2.24) is 19.7 Å². The van der Waals surface area contributed by atoms with E-state index < -0.39 is 0 Å². The van der Waals surface area contributed by atoms with Gasteiger partial charge in [-0.15, -0.1) is 12.4 Å². The standard InChI is InChI=1S/C25H21Cl2N5O3S.ClH/c1-15-20(21(30-35-15)16-6-3-4-7-17(16)26)24(33)32(12-5-11-31-13-10-28-14-31)25-29-22-19(34-2)9-8-18(27)23(22)36-25;/h3-4,6-10,13-14H,5,11-12H2,1-2H3;1H. The first-order valence-electron chi connectivity index (χ1n) is 11.1. The molecule has 1 amide bonds. The van der Waals surface area contributed by atoms with Crippen LogP contribution in [0.3, 0.4) is 0 Å². The Hall–Kier alpha value is -3.11. The van der Waals surface area contributed by atoms with Crippen LogP contribution in [0.4, 0.5) is 5.13 Å². The number of hydrogen-bond donors (Lipinski definition) is 0. The molecule has 3 heterocycles. The molecule has 0 fully saturated rings. The number of amides is 1. The summed E-state index contributed by atoms with van der Waals surface area (Å²) >= 11 is 14.2. The second kappa shape index (κ2) is 11.5. The smallest absolute Gasteiger partial charge is 0.265 e. The van der Waals surface area contributed by atoms with E-state index in [4.69, 9.17) is 37.4 Å². The summed E-state index contributed by atoms with van der Waals surface area (Å²) in [5.74, 6) is 0.690. The Morgan fingerprint density at radius 3 is 2.73 bits per heavy atom. The molecule has 0 aliphatic heterocycles. The molecule has 12 heteroatoms. The van der Waals surface area contributed by atoms with E-state index in [1.807, 2.05) is 29.0 Å². The quantitative estimate of drug-likeness (QED) is 0.198. The predicted molar refractivity (Wildman–Crippen MR) is 149 cm³/mol. The highest BCUT2D eigenvalue weighted by Gasteiger charge is 2.30. The highest BCUT2D eigenvalue weighted by Crippen LogP contribution is 2.40. The van der Waals surface area contributed by atoms with Crippen LogP contribution in [-0.4, -0.2) is 39.3 Å². The Labute approximate surface area is 233 Å². The molecule has 0 saturated heterocycles. The Morgan fingerprint density at radius 1 is 1.19 bits per heavy atom. The molecular formula is C25H22Cl3N5O3S. The molecule has 0 aliphatic carbocycles. The molecule has 0 unspecified atom stereocenters. The first-order valence-corrected chi connectivity index (χ1v) is 12.7. The maximum atomic E-state index is 14.1. The molecule has 37 heavy (non-hydrogen) atoms. The van der Waals surface area contributed by atoms with Crippen LogP contribution in [0.15, 0.2) is 59.6 Å². The van der Waals surface area contributed by atoms with Crippen LogP contribution in [0.1, 0.15) is 22.5 Å². The number of halogens is 3. The lowest BCUT2D eigenvalue weighted by molar-refractivity contribution is 0.0985. The van der Waals surface area contributed by atoms with Crippen molar-refractivity contribution in [2.45, 2.75) is 19.9 Å². The van der Waals surface area contributed by atoms with Gasteiger partial charge in [-0.25, -0.2) is 9.97 Å². The average Bonchev–Trinajstić information content (AvgIpc) is 3.63. The Kier molecular flexibility index (Phi) is 8.39. The average molecular weight is 579 g/mol. The van der Waals surface area contributed by atoms with E-state index in [-0.39, 0.29) is 18.3 Å². The third kappa shape index (κ3) is 5.31. The summed E-state index contributed by atoms with van der Waals surface area (Å²) < 4.78 is 13.6. The molecule has 3 aromatic heterocycles. The third-order valence-electron chi connectivity index (χ3n) is 5.71. The van der Waals surface area contributed by atoms with Crippen molar-refractivity contribution in [3.8, 4) is 17.0 Å². The molecule has 0 bridgehead atoms. The summed E-state index contributed by atoms with van der Waals surface area (Å²) in [4.78, 5) is 24.6. The lowest BCUT2D eigenvalue weighted by Crippen LogP contribution is -2.33. The maximum absolute atomic E-state index is 14.1. The molecule has 0 saturated carbocycles. The van der Waals surface area contributed by atoms with Gasteiger partial charge in [0.05, 0.1) is 28.2 Å².